The fourth-order valence-corrected chi connectivity index (χ4v) is 3.95. The van der Waals surface area contributed by atoms with Gasteiger partial charge in [-0.3, -0.25) is 25.0 Å². The number of β-amino-alcohol motifs (C(OH)–C–C–N with tert-alkyl or cyclic N) is 1. The Morgan fingerprint density at radius 3 is 2.44 bits per heavy atom. The molecule has 1 aliphatic rings. The predicted molar refractivity (Wildman–Crippen MR) is 139 cm³/mol. The number of rotatable bonds is 10. The van der Waals surface area contributed by atoms with E-state index < -0.39 is 54.8 Å². The van der Waals surface area contributed by atoms with E-state index in [4.69, 9.17) is 0 Å². The lowest BCUT2D eigenvalue weighted by Crippen LogP contribution is -2.58. The molecular weight excluding hydrogens is 508 g/mol. The standard InChI is InChI=1S/C26H32N6O7/c1-26(2,39)17-4-14(10-27)3-15(5-17)21(9-23(36)37)32-22(35)13-28-24(38)16-6-18(8-19(33)7-16)31-25-29-11-20(34)12-30-25/h3-8,20-21,25,29-31,33-34,39H,9,11-13H2,1-2H3,(H,28,38)(H,32,35)(H,36,37)/t20?,21-,25?/m0/s1. The van der Waals surface area contributed by atoms with Crippen molar-refractivity contribution in [3.63, 3.8) is 0 Å². The zero-order chi connectivity index (χ0) is 28.7. The first-order chi connectivity index (χ1) is 18.3. The second-order valence-electron chi connectivity index (χ2n) is 9.73. The number of carboxylic acid groups (broad SMARTS) is 1. The van der Waals surface area contributed by atoms with Gasteiger partial charge in [0.05, 0.1) is 42.3 Å². The molecule has 0 saturated carbocycles. The molecule has 2 aromatic rings. The highest BCUT2D eigenvalue weighted by Gasteiger charge is 2.24. The molecule has 13 nitrogen and oxygen atoms in total. The zero-order valence-corrected chi connectivity index (χ0v) is 21.5. The van der Waals surface area contributed by atoms with E-state index in [-0.39, 0.29) is 16.9 Å². The third kappa shape index (κ3) is 8.66. The number of nitrogens with zero attached hydrogens (tertiary/aromatic N) is 1. The Morgan fingerprint density at radius 2 is 1.82 bits per heavy atom. The van der Waals surface area contributed by atoms with Crippen LogP contribution < -0.4 is 26.6 Å². The van der Waals surface area contributed by atoms with Gasteiger partial charge in [0, 0.05) is 30.4 Å². The molecule has 0 aliphatic carbocycles. The Labute approximate surface area is 224 Å². The van der Waals surface area contributed by atoms with E-state index in [0.717, 1.165) is 0 Å². The number of nitrogens with one attached hydrogen (secondary N) is 5. The van der Waals surface area contributed by atoms with Crippen molar-refractivity contribution in [1.29, 1.82) is 5.26 Å². The molecule has 39 heavy (non-hydrogen) atoms. The minimum Gasteiger partial charge on any atom is -0.508 e. The van der Waals surface area contributed by atoms with Crippen molar-refractivity contribution >= 4 is 23.5 Å². The van der Waals surface area contributed by atoms with Crippen LogP contribution in [0.1, 0.15) is 53.4 Å². The first kappa shape index (κ1) is 29.3. The van der Waals surface area contributed by atoms with Crippen LogP contribution in [0.4, 0.5) is 5.69 Å². The molecule has 1 heterocycles. The Kier molecular flexibility index (Phi) is 9.44. The molecule has 1 fully saturated rings. The molecule has 3 rings (SSSR count). The number of aromatic hydroxyl groups is 1. The number of carbonyl (C=O) groups is 3. The lowest BCUT2D eigenvalue weighted by molar-refractivity contribution is -0.137. The molecule has 0 bridgehead atoms. The number of phenols is 1. The fraction of sp³-hybridized carbons (Fsp3) is 0.385. The van der Waals surface area contributed by atoms with Crippen LogP contribution in [-0.4, -0.2) is 70.2 Å². The molecule has 1 aliphatic heterocycles. The second kappa shape index (κ2) is 12.5. The van der Waals surface area contributed by atoms with Crippen LogP contribution in [0.2, 0.25) is 0 Å². The minimum absolute atomic E-state index is 0.0692. The quantitative estimate of drug-likeness (QED) is 0.192. The van der Waals surface area contributed by atoms with Crippen molar-refractivity contribution in [1.82, 2.24) is 21.3 Å². The summed E-state index contributed by atoms with van der Waals surface area (Å²) in [5.41, 5.74) is 0.0390. The van der Waals surface area contributed by atoms with Crippen LogP contribution in [0.5, 0.6) is 5.75 Å². The highest BCUT2D eigenvalue weighted by molar-refractivity contribution is 5.97. The Morgan fingerprint density at radius 1 is 1.13 bits per heavy atom. The normalized spacial score (nSPS) is 17.9. The van der Waals surface area contributed by atoms with E-state index in [1.165, 1.54) is 50.2 Å². The van der Waals surface area contributed by atoms with Crippen molar-refractivity contribution in [2.24, 2.45) is 0 Å². The number of benzene rings is 2. The van der Waals surface area contributed by atoms with Crippen LogP contribution in [0, 0.1) is 11.3 Å². The maximum Gasteiger partial charge on any atom is 0.305 e. The third-order valence-electron chi connectivity index (χ3n) is 5.92. The molecule has 0 aromatic heterocycles. The van der Waals surface area contributed by atoms with Crippen molar-refractivity contribution in [2.75, 3.05) is 25.0 Å². The average Bonchev–Trinajstić information content (AvgIpc) is 2.86. The van der Waals surface area contributed by atoms with Gasteiger partial charge in [-0.05, 0) is 49.2 Å². The van der Waals surface area contributed by atoms with Crippen molar-refractivity contribution in [3.8, 4) is 11.8 Å². The van der Waals surface area contributed by atoms with Crippen LogP contribution in [0.15, 0.2) is 36.4 Å². The topological polar surface area (TPSA) is 216 Å². The molecule has 208 valence electrons. The number of amides is 2. The molecule has 1 atom stereocenters. The second-order valence-corrected chi connectivity index (χ2v) is 9.73. The highest BCUT2D eigenvalue weighted by atomic mass is 16.4. The summed E-state index contributed by atoms with van der Waals surface area (Å²) in [7, 11) is 0. The van der Waals surface area contributed by atoms with Crippen LogP contribution in [0.3, 0.4) is 0 Å². The SMILES string of the molecule is CC(C)(O)c1cc(C#N)cc([C@H](CC(=O)O)NC(=O)CNC(=O)c2cc(O)cc(NC3NCC(O)CN3)c2)c1. The monoisotopic (exact) mass is 540 g/mol. The number of nitriles is 1. The van der Waals surface area contributed by atoms with Gasteiger partial charge >= 0.3 is 5.97 Å². The Balaban J connectivity index is 1.68. The number of aliphatic hydroxyl groups excluding tert-OH is 1. The van der Waals surface area contributed by atoms with Crippen LogP contribution in [-0.2, 0) is 15.2 Å². The van der Waals surface area contributed by atoms with Crippen molar-refractivity contribution in [3.05, 3.63) is 58.7 Å². The van der Waals surface area contributed by atoms with E-state index in [0.29, 0.717) is 29.9 Å². The van der Waals surface area contributed by atoms with Gasteiger partial charge in [-0.1, -0.05) is 6.07 Å². The summed E-state index contributed by atoms with van der Waals surface area (Å²) in [6, 6.07) is 9.46. The van der Waals surface area contributed by atoms with Crippen molar-refractivity contribution in [2.45, 2.75) is 44.3 Å². The number of carbonyl (C=O) groups excluding carboxylic acids is 2. The molecule has 2 amide bonds. The molecule has 0 radical (unpaired) electrons. The smallest absolute Gasteiger partial charge is 0.305 e. The van der Waals surface area contributed by atoms with Gasteiger partial charge in [0.15, 0.2) is 0 Å². The highest BCUT2D eigenvalue weighted by Crippen LogP contribution is 2.27. The number of carboxylic acids is 1. The van der Waals surface area contributed by atoms with Gasteiger partial charge in [-0.25, -0.2) is 0 Å². The van der Waals surface area contributed by atoms with Gasteiger partial charge in [0.1, 0.15) is 12.0 Å². The Bertz CT molecular complexity index is 1260. The predicted octanol–water partition coefficient (Wildman–Crippen LogP) is -0.198. The third-order valence-corrected chi connectivity index (χ3v) is 5.92. The van der Waals surface area contributed by atoms with E-state index in [9.17, 15) is 40.1 Å². The summed E-state index contributed by atoms with van der Waals surface area (Å²) in [4.78, 5) is 36.9. The lowest BCUT2D eigenvalue weighted by Gasteiger charge is -2.29. The number of anilines is 1. The molecule has 2 aromatic carbocycles. The number of aliphatic hydroxyl groups is 2. The molecule has 13 heteroatoms. The van der Waals surface area contributed by atoms with E-state index >= 15 is 0 Å². The summed E-state index contributed by atoms with van der Waals surface area (Å²) in [6.45, 7) is 3.25. The van der Waals surface area contributed by atoms with Gasteiger partial charge < -0.3 is 36.4 Å². The number of hydrogen-bond donors (Lipinski definition) is 9. The molecule has 0 unspecified atom stereocenters. The first-order valence-corrected chi connectivity index (χ1v) is 12.2. The summed E-state index contributed by atoms with van der Waals surface area (Å²) < 4.78 is 0. The number of aliphatic carboxylic acids is 1. The van der Waals surface area contributed by atoms with E-state index in [2.05, 4.69) is 26.6 Å². The van der Waals surface area contributed by atoms with Gasteiger partial charge in [0.25, 0.3) is 5.91 Å². The van der Waals surface area contributed by atoms with Crippen LogP contribution in [0.25, 0.3) is 0 Å². The minimum atomic E-state index is -1.31. The van der Waals surface area contributed by atoms with Gasteiger partial charge in [0.2, 0.25) is 5.91 Å². The summed E-state index contributed by atoms with van der Waals surface area (Å²) in [5, 5.41) is 62.8. The Hall–Kier alpha value is -4.22. The molecular formula is C26H32N6O7. The summed E-state index contributed by atoms with van der Waals surface area (Å²) in [5.74, 6) is -2.73. The summed E-state index contributed by atoms with van der Waals surface area (Å²) in [6.07, 6.45) is -1.44. The van der Waals surface area contributed by atoms with E-state index in [1.54, 1.807) is 0 Å². The fourth-order valence-electron chi connectivity index (χ4n) is 3.95. The molecule has 0 spiro atoms. The molecule has 9 N–H and O–H groups in total. The van der Waals surface area contributed by atoms with Crippen molar-refractivity contribution < 1.29 is 34.8 Å². The largest absolute Gasteiger partial charge is 0.508 e. The number of hydrogen-bond acceptors (Lipinski definition) is 10. The van der Waals surface area contributed by atoms with Crippen LogP contribution >= 0.6 is 0 Å². The maximum absolute atomic E-state index is 12.7. The molecule has 1 saturated heterocycles. The van der Waals surface area contributed by atoms with Gasteiger partial charge in [-0.15, -0.1) is 0 Å². The van der Waals surface area contributed by atoms with E-state index in [1.807, 2.05) is 6.07 Å². The zero-order valence-electron chi connectivity index (χ0n) is 21.5. The first-order valence-electron chi connectivity index (χ1n) is 12.2. The maximum atomic E-state index is 12.7. The number of phenolic OH excluding ortho intramolecular Hbond substituents is 1. The average molecular weight is 541 g/mol. The summed E-state index contributed by atoms with van der Waals surface area (Å²) >= 11 is 0. The van der Waals surface area contributed by atoms with Gasteiger partial charge in [-0.2, -0.15) is 5.26 Å². The lowest BCUT2D eigenvalue weighted by atomic mass is 9.91.